The number of imidazole rings is 1. The summed E-state index contributed by atoms with van der Waals surface area (Å²) in [6.07, 6.45) is 3.79. The number of rotatable bonds is 5. The molecule has 1 heterocycles. The van der Waals surface area contributed by atoms with Gasteiger partial charge in [-0.25, -0.2) is 4.98 Å². The van der Waals surface area contributed by atoms with Crippen LogP contribution in [0, 0.1) is 0 Å². The molecule has 0 aliphatic carbocycles. The van der Waals surface area contributed by atoms with Crippen molar-refractivity contribution in [3.63, 3.8) is 0 Å². The molecule has 0 saturated heterocycles. The number of thioether (sulfide) groups is 1. The van der Waals surface area contributed by atoms with Gasteiger partial charge in [-0.3, -0.25) is 0 Å². The number of aryl methyl sites for hydroxylation is 1. The highest BCUT2D eigenvalue weighted by molar-refractivity contribution is 7.99. The van der Waals surface area contributed by atoms with E-state index < -0.39 is 0 Å². The molecule has 1 aromatic heterocycles. The standard InChI is InChI=1S/C12H15N3S/c1-15-9-7-14-12(15)16-10-8-13-11-5-3-2-4-6-11/h2-7,9,13H,8,10H2,1H3. The Morgan fingerprint density at radius 1 is 1.31 bits per heavy atom. The fourth-order valence-corrected chi connectivity index (χ4v) is 2.17. The molecule has 2 rings (SSSR count). The van der Waals surface area contributed by atoms with Gasteiger partial charge in [0.2, 0.25) is 0 Å². The van der Waals surface area contributed by atoms with Gasteiger partial charge in [0.15, 0.2) is 5.16 Å². The van der Waals surface area contributed by atoms with E-state index in [4.69, 9.17) is 0 Å². The Hall–Kier alpha value is -1.42. The van der Waals surface area contributed by atoms with E-state index in [0.29, 0.717) is 0 Å². The van der Waals surface area contributed by atoms with Crippen molar-refractivity contribution < 1.29 is 0 Å². The first-order valence-electron chi connectivity index (χ1n) is 5.25. The lowest BCUT2D eigenvalue weighted by atomic mass is 10.3. The van der Waals surface area contributed by atoms with Crippen LogP contribution in [-0.2, 0) is 7.05 Å². The predicted octanol–water partition coefficient (Wildman–Crippen LogP) is 2.62. The molecule has 0 aliphatic heterocycles. The summed E-state index contributed by atoms with van der Waals surface area (Å²) in [5.41, 5.74) is 1.17. The molecule has 4 heteroatoms. The Kier molecular flexibility index (Phi) is 3.88. The molecule has 0 radical (unpaired) electrons. The van der Waals surface area contributed by atoms with E-state index in [1.54, 1.807) is 11.8 Å². The molecule has 0 spiro atoms. The molecule has 0 aliphatic rings. The van der Waals surface area contributed by atoms with Gasteiger partial charge in [0, 0.05) is 37.4 Å². The largest absolute Gasteiger partial charge is 0.384 e. The molecule has 2 aromatic rings. The quantitative estimate of drug-likeness (QED) is 0.636. The second-order valence-corrected chi connectivity index (χ2v) is 4.52. The van der Waals surface area contributed by atoms with Gasteiger partial charge in [-0.05, 0) is 12.1 Å². The van der Waals surface area contributed by atoms with Crippen LogP contribution < -0.4 is 5.32 Å². The van der Waals surface area contributed by atoms with Crippen LogP contribution in [0.25, 0.3) is 0 Å². The Bertz CT molecular complexity index is 425. The smallest absolute Gasteiger partial charge is 0.167 e. The highest BCUT2D eigenvalue weighted by atomic mass is 32.2. The zero-order chi connectivity index (χ0) is 11.2. The van der Waals surface area contributed by atoms with E-state index in [-0.39, 0.29) is 0 Å². The minimum Gasteiger partial charge on any atom is -0.384 e. The van der Waals surface area contributed by atoms with E-state index in [1.165, 1.54) is 5.69 Å². The molecular formula is C12H15N3S. The maximum Gasteiger partial charge on any atom is 0.167 e. The van der Waals surface area contributed by atoms with E-state index in [0.717, 1.165) is 17.5 Å². The number of para-hydroxylation sites is 1. The number of benzene rings is 1. The van der Waals surface area contributed by atoms with Gasteiger partial charge >= 0.3 is 0 Å². The van der Waals surface area contributed by atoms with E-state index in [9.17, 15) is 0 Å². The predicted molar refractivity (Wildman–Crippen MR) is 68.9 cm³/mol. The number of nitrogens with one attached hydrogen (secondary N) is 1. The summed E-state index contributed by atoms with van der Waals surface area (Å²) in [7, 11) is 2.01. The minimum absolute atomic E-state index is 0.946. The van der Waals surface area contributed by atoms with Gasteiger partial charge in [0.25, 0.3) is 0 Å². The van der Waals surface area contributed by atoms with Crippen LogP contribution in [0.3, 0.4) is 0 Å². The molecule has 1 N–H and O–H groups in total. The zero-order valence-corrected chi connectivity index (χ0v) is 10.1. The molecule has 1 aromatic carbocycles. The highest BCUT2D eigenvalue weighted by Gasteiger charge is 1.98. The van der Waals surface area contributed by atoms with Crippen LogP contribution in [0.2, 0.25) is 0 Å². The van der Waals surface area contributed by atoms with Gasteiger partial charge in [-0.15, -0.1) is 0 Å². The Morgan fingerprint density at radius 3 is 2.81 bits per heavy atom. The minimum atomic E-state index is 0.946. The summed E-state index contributed by atoms with van der Waals surface area (Å²) in [6, 6.07) is 10.2. The second-order valence-electron chi connectivity index (χ2n) is 3.46. The molecule has 16 heavy (non-hydrogen) atoms. The summed E-state index contributed by atoms with van der Waals surface area (Å²) in [5.74, 6) is 1.01. The second kappa shape index (κ2) is 5.61. The highest BCUT2D eigenvalue weighted by Crippen LogP contribution is 2.14. The van der Waals surface area contributed by atoms with Gasteiger partial charge < -0.3 is 9.88 Å². The summed E-state index contributed by atoms with van der Waals surface area (Å²) in [4.78, 5) is 4.26. The van der Waals surface area contributed by atoms with Crippen molar-refractivity contribution >= 4 is 17.4 Å². The fraction of sp³-hybridized carbons (Fsp3) is 0.250. The van der Waals surface area contributed by atoms with Crippen LogP contribution in [0.15, 0.2) is 47.9 Å². The van der Waals surface area contributed by atoms with Gasteiger partial charge in [0.05, 0.1) is 0 Å². The van der Waals surface area contributed by atoms with Crippen molar-refractivity contribution in [3.8, 4) is 0 Å². The average molecular weight is 233 g/mol. The molecule has 0 atom stereocenters. The van der Waals surface area contributed by atoms with Crippen molar-refractivity contribution in [3.05, 3.63) is 42.7 Å². The first-order valence-corrected chi connectivity index (χ1v) is 6.24. The summed E-state index contributed by atoms with van der Waals surface area (Å²) in [6.45, 7) is 0.946. The van der Waals surface area contributed by atoms with E-state index in [1.807, 2.05) is 42.2 Å². The lowest BCUT2D eigenvalue weighted by molar-refractivity contribution is 0.790. The molecule has 3 nitrogen and oxygen atoms in total. The van der Waals surface area contributed by atoms with Crippen molar-refractivity contribution in [1.82, 2.24) is 9.55 Å². The van der Waals surface area contributed by atoms with Crippen LogP contribution >= 0.6 is 11.8 Å². The van der Waals surface area contributed by atoms with Crippen LogP contribution in [0.4, 0.5) is 5.69 Å². The third-order valence-electron chi connectivity index (χ3n) is 2.21. The Morgan fingerprint density at radius 2 is 2.12 bits per heavy atom. The number of anilines is 1. The molecular weight excluding hydrogens is 218 g/mol. The number of hydrogen-bond donors (Lipinski definition) is 1. The average Bonchev–Trinajstić information content (AvgIpc) is 2.72. The topological polar surface area (TPSA) is 29.9 Å². The fourth-order valence-electron chi connectivity index (χ4n) is 1.38. The monoisotopic (exact) mass is 233 g/mol. The molecule has 0 unspecified atom stereocenters. The zero-order valence-electron chi connectivity index (χ0n) is 9.26. The van der Waals surface area contributed by atoms with Crippen LogP contribution in [0.1, 0.15) is 0 Å². The van der Waals surface area contributed by atoms with Gasteiger partial charge in [0.1, 0.15) is 0 Å². The summed E-state index contributed by atoms with van der Waals surface area (Å²) < 4.78 is 2.03. The van der Waals surface area contributed by atoms with Crippen LogP contribution in [-0.4, -0.2) is 21.8 Å². The van der Waals surface area contributed by atoms with E-state index in [2.05, 4.69) is 22.4 Å². The normalized spacial score (nSPS) is 10.3. The number of nitrogens with zero attached hydrogens (tertiary/aromatic N) is 2. The summed E-state index contributed by atoms with van der Waals surface area (Å²) in [5, 5.41) is 4.43. The number of hydrogen-bond acceptors (Lipinski definition) is 3. The van der Waals surface area contributed by atoms with Gasteiger partial charge in [-0.2, -0.15) is 0 Å². The Labute approximate surface area is 99.9 Å². The molecule has 0 saturated carbocycles. The summed E-state index contributed by atoms with van der Waals surface area (Å²) >= 11 is 1.76. The maximum absolute atomic E-state index is 4.26. The van der Waals surface area contributed by atoms with Gasteiger partial charge in [-0.1, -0.05) is 30.0 Å². The first-order chi connectivity index (χ1) is 7.86. The first kappa shape index (κ1) is 11.1. The molecule has 84 valence electrons. The van der Waals surface area contributed by atoms with Crippen molar-refractivity contribution in [2.75, 3.05) is 17.6 Å². The SMILES string of the molecule is Cn1ccnc1SCCNc1ccccc1. The van der Waals surface area contributed by atoms with Crippen LogP contribution in [0.5, 0.6) is 0 Å². The molecule has 0 fully saturated rings. The molecule has 0 bridgehead atoms. The third-order valence-corrected chi connectivity index (χ3v) is 3.27. The third kappa shape index (κ3) is 3.03. The van der Waals surface area contributed by atoms with E-state index >= 15 is 0 Å². The van der Waals surface area contributed by atoms with Crippen molar-refractivity contribution in [1.29, 1.82) is 0 Å². The molecule has 0 amide bonds. The maximum atomic E-state index is 4.26. The Balaban J connectivity index is 1.72. The lowest BCUT2D eigenvalue weighted by Crippen LogP contribution is -2.04. The van der Waals surface area contributed by atoms with Crippen molar-refractivity contribution in [2.45, 2.75) is 5.16 Å². The lowest BCUT2D eigenvalue weighted by Gasteiger charge is -2.05. The van der Waals surface area contributed by atoms with Crippen molar-refractivity contribution in [2.24, 2.45) is 7.05 Å². The number of aromatic nitrogens is 2.